The van der Waals surface area contributed by atoms with Gasteiger partial charge in [0.05, 0.1) is 11.3 Å². The Morgan fingerprint density at radius 1 is 1.04 bits per heavy atom. The Bertz CT molecular complexity index is 1100. The summed E-state index contributed by atoms with van der Waals surface area (Å²) in [5, 5.41) is 8.58. The third-order valence-corrected chi connectivity index (χ3v) is 4.48. The van der Waals surface area contributed by atoms with Crippen LogP contribution < -0.4 is 5.32 Å². The first kappa shape index (κ1) is 16.5. The van der Waals surface area contributed by atoms with Crippen molar-refractivity contribution >= 4 is 28.8 Å². The molecular weight excluding hydrogens is 351 g/mol. The summed E-state index contributed by atoms with van der Waals surface area (Å²) in [5.41, 5.74) is 4.97. The van der Waals surface area contributed by atoms with Gasteiger partial charge in [0.25, 0.3) is 0 Å². The number of benzene rings is 2. The number of anilines is 2. The highest BCUT2D eigenvalue weighted by atomic mass is 35.5. The van der Waals surface area contributed by atoms with Crippen molar-refractivity contribution in [3.8, 4) is 11.1 Å². The summed E-state index contributed by atoms with van der Waals surface area (Å²) < 4.78 is 14.9. The molecule has 0 aliphatic heterocycles. The molecule has 0 fully saturated rings. The van der Waals surface area contributed by atoms with Crippen LogP contribution in [-0.4, -0.2) is 14.6 Å². The zero-order chi connectivity index (χ0) is 18.3. The fraction of sp³-hybridized carbons (Fsp3) is 0.100. The molecule has 4 aromatic rings. The van der Waals surface area contributed by atoms with Crippen LogP contribution in [0.15, 0.2) is 54.6 Å². The standard InChI is InChI=1S/C20H16ClFN4/c1-12-11-18(24-15-9-7-14(22)8-10-15)26-20(23-12)19(13(2)25-26)16-5-3-4-6-17(16)21/h3-11,24H,1-2H3. The van der Waals surface area contributed by atoms with Crippen LogP contribution in [0.25, 0.3) is 16.8 Å². The highest BCUT2D eigenvalue weighted by Crippen LogP contribution is 2.34. The SMILES string of the molecule is Cc1cc(Nc2ccc(F)cc2)n2nc(C)c(-c3ccccc3Cl)c2n1. The number of aromatic nitrogens is 3. The van der Waals surface area contributed by atoms with Crippen LogP contribution in [0.3, 0.4) is 0 Å². The first-order chi connectivity index (χ1) is 12.5. The van der Waals surface area contributed by atoms with E-state index in [2.05, 4.69) is 15.4 Å². The van der Waals surface area contributed by atoms with Gasteiger partial charge in [0.15, 0.2) is 5.65 Å². The van der Waals surface area contributed by atoms with Gasteiger partial charge in [0.1, 0.15) is 11.6 Å². The molecule has 6 heteroatoms. The van der Waals surface area contributed by atoms with Gasteiger partial charge in [-0.15, -0.1) is 0 Å². The molecule has 0 atom stereocenters. The Morgan fingerprint density at radius 3 is 2.50 bits per heavy atom. The summed E-state index contributed by atoms with van der Waals surface area (Å²) in [6.45, 7) is 3.86. The smallest absolute Gasteiger partial charge is 0.165 e. The van der Waals surface area contributed by atoms with Gasteiger partial charge in [-0.1, -0.05) is 29.8 Å². The molecule has 2 aromatic carbocycles. The maximum Gasteiger partial charge on any atom is 0.165 e. The van der Waals surface area contributed by atoms with E-state index in [9.17, 15) is 4.39 Å². The molecule has 2 aromatic heterocycles. The van der Waals surface area contributed by atoms with Crippen molar-refractivity contribution in [1.82, 2.24) is 14.6 Å². The van der Waals surface area contributed by atoms with Crippen LogP contribution in [0.4, 0.5) is 15.9 Å². The van der Waals surface area contributed by atoms with E-state index in [1.54, 1.807) is 16.6 Å². The Balaban J connectivity index is 1.90. The van der Waals surface area contributed by atoms with Crippen LogP contribution in [0.5, 0.6) is 0 Å². The van der Waals surface area contributed by atoms with E-state index in [4.69, 9.17) is 11.6 Å². The van der Waals surface area contributed by atoms with E-state index < -0.39 is 0 Å². The Hall–Kier alpha value is -2.92. The second-order valence-electron chi connectivity index (χ2n) is 6.09. The van der Waals surface area contributed by atoms with Gasteiger partial charge in [-0.2, -0.15) is 9.61 Å². The van der Waals surface area contributed by atoms with Crippen molar-refractivity contribution in [2.75, 3.05) is 5.32 Å². The molecule has 0 saturated carbocycles. The lowest BCUT2D eigenvalue weighted by molar-refractivity contribution is 0.628. The van der Waals surface area contributed by atoms with Crippen molar-refractivity contribution in [3.63, 3.8) is 0 Å². The van der Waals surface area contributed by atoms with Crippen LogP contribution >= 0.6 is 11.6 Å². The fourth-order valence-corrected chi connectivity index (χ4v) is 3.22. The molecule has 0 amide bonds. The number of halogens is 2. The second kappa shape index (κ2) is 6.42. The van der Waals surface area contributed by atoms with Crippen molar-refractivity contribution in [2.45, 2.75) is 13.8 Å². The summed E-state index contributed by atoms with van der Waals surface area (Å²) in [7, 11) is 0. The first-order valence-corrected chi connectivity index (χ1v) is 8.55. The summed E-state index contributed by atoms with van der Waals surface area (Å²) in [6, 6.07) is 15.7. The number of fused-ring (bicyclic) bond motifs is 1. The molecule has 0 unspecified atom stereocenters. The first-order valence-electron chi connectivity index (χ1n) is 8.17. The lowest BCUT2D eigenvalue weighted by atomic mass is 10.1. The molecule has 0 saturated heterocycles. The van der Waals surface area contributed by atoms with Gasteiger partial charge in [0.2, 0.25) is 0 Å². The second-order valence-corrected chi connectivity index (χ2v) is 6.50. The minimum atomic E-state index is -0.275. The number of hydrogen-bond donors (Lipinski definition) is 1. The molecule has 0 bridgehead atoms. The van der Waals surface area contributed by atoms with E-state index in [0.29, 0.717) is 5.02 Å². The van der Waals surface area contributed by atoms with Gasteiger partial charge in [-0.3, -0.25) is 0 Å². The van der Waals surface area contributed by atoms with Crippen molar-refractivity contribution < 1.29 is 4.39 Å². The van der Waals surface area contributed by atoms with E-state index in [0.717, 1.165) is 39.7 Å². The monoisotopic (exact) mass is 366 g/mol. The van der Waals surface area contributed by atoms with E-state index >= 15 is 0 Å². The van der Waals surface area contributed by atoms with Crippen LogP contribution in [0.1, 0.15) is 11.4 Å². The predicted molar refractivity (Wildman–Crippen MR) is 103 cm³/mol. The van der Waals surface area contributed by atoms with Gasteiger partial charge < -0.3 is 5.32 Å². The van der Waals surface area contributed by atoms with Crippen LogP contribution in [0.2, 0.25) is 5.02 Å². The minimum absolute atomic E-state index is 0.275. The Kier molecular flexibility index (Phi) is 4.09. The number of aryl methyl sites for hydroxylation is 2. The highest BCUT2D eigenvalue weighted by molar-refractivity contribution is 6.33. The van der Waals surface area contributed by atoms with Crippen molar-refractivity contribution in [1.29, 1.82) is 0 Å². The molecule has 0 aliphatic rings. The van der Waals surface area contributed by atoms with E-state index in [1.807, 2.05) is 44.2 Å². The molecule has 4 nitrogen and oxygen atoms in total. The zero-order valence-electron chi connectivity index (χ0n) is 14.3. The fourth-order valence-electron chi connectivity index (χ4n) is 2.99. The quantitative estimate of drug-likeness (QED) is 0.517. The molecular formula is C20H16ClFN4. The van der Waals surface area contributed by atoms with Crippen molar-refractivity contribution in [3.05, 3.63) is 76.8 Å². The van der Waals surface area contributed by atoms with Gasteiger partial charge >= 0.3 is 0 Å². The molecule has 1 N–H and O–H groups in total. The summed E-state index contributed by atoms with van der Waals surface area (Å²) in [6.07, 6.45) is 0. The predicted octanol–water partition coefficient (Wildman–Crippen LogP) is 5.55. The van der Waals surface area contributed by atoms with E-state index in [-0.39, 0.29) is 5.82 Å². The third-order valence-electron chi connectivity index (χ3n) is 4.15. The van der Waals surface area contributed by atoms with E-state index in [1.165, 1.54) is 12.1 Å². The molecule has 0 spiro atoms. The topological polar surface area (TPSA) is 42.2 Å². The van der Waals surface area contributed by atoms with Crippen LogP contribution in [0, 0.1) is 19.7 Å². The summed E-state index contributed by atoms with van der Waals surface area (Å²) >= 11 is 6.40. The van der Waals surface area contributed by atoms with Crippen molar-refractivity contribution in [2.24, 2.45) is 0 Å². The zero-order valence-corrected chi connectivity index (χ0v) is 15.0. The highest BCUT2D eigenvalue weighted by Gasteiger charge is 2.17. The maximum atomic E-state index is 13.2. The number of nitrogens with one attached hydrogen (secondary N) is 1. The third kappa shape index (κ3) is 2.91. The number of rotatable bonds is 3. The number of nitrogens with zero attached hydrogens (tertiary/aromatic N) is 3. The Morgan fingerprint density at radius 2 is 1.77 bits per heavy atom. The number of hydrogen-bond acceptors (Lipinski definition) is 3. The molecule has 2 heterocycles. The van der Waals surface area contributed by atoms with Gasteiger partial charge in [-0.25, -0.2) is 9.37 Å². The summed E-state index contributed by atoms with van der Waals surface area (Å²) in [4.78, 5) is 4.67. The molecule has 26 heavy (non-hydrogen) atoms. The van der Waals surface area contributed by atoms with Crippen LogP contribution in [-0.2, 0) is 0 Å². The minimum Gasteiger partial charge on any atom is -0.340 e. The lowest BCUT2D eigenvalue weighted by Crippen LogP contribution is -2.02. The Labute approximate surface area is 155 Å². The molecule has 130 valence electrons. The lowest BCUT2D eigenvalue weighted by Gasteiger charge is -2.10. The molecule has 0 radical (unpaired) electrons. The average Bonchev–Trinajstić information content (AvgIpc) is 2.93. The largest absolute Gasteiger partial charge is 0.340 e. The van der Waals surface area contributed by atoms with Gasteiger partial charge in [0, 0.05) is 28.0 Å². The maximum absolute atomic E-state index is 13.2. The molecule has 0 aliphatic carbocycles. The summed E-state index contributed by atoms with van der Waals surface area (Å²) in [5.74, 6) is 0.475. The normalized spacial score (nSPS) is 11.1. The van der Waals surface area contributed by atoms with Gasteiger partial charge in [-0.05, 0) is 44.2 Å². The molecule has 4 rings (SSSR count). The average molecular weight is 367 g/mol.